The van der Waals surface area contributed by atoms with Crippen molar-refractivity contribution < 1.29 is 19.8 Å². The smallest absolute Gasteiger partial charge is 0.320 e. The van der Waals surface area contributed by atoms with Gasteiger partial charge in [-0.05, 0) is 12.8 Å². The molecular weight excluding hydrogens is 224 g/mol. The summed E-state index contributed by atoms with van der Waals surface area (Å²) in [6.07, 6.45) is 3.88. The van der Waals surface area contributed by atoms with E-state index in [0.29, 0.717) is 12.8 Å². The maximum absolute atomic E-state index is 10.1. The van der Waals surface area contributed by atoms with E-state index in [1.165, 1.54) is 0 Å². The second kappa shape index (κ2) is 11.3. The first-order valence-corrected chi connectivity index (χ1v) is 5.83. The summed E-state index contributed by atoms with van der Waals surface area (Å²) in [6, 6.07) is -1.33. The molecule has 17 heavy (non-hydrogen) atoms. The molecule has 0 radical (unpaired) electrons. The molecule has 0 bridgehead atoms. The summed E-state index contributed by atoms with van der Waals surface area (Å²) >= 11 is 0. The van der Waals surface area contributed by atoms with Crippen LogP contribution in [0.3, 0.4) is 0 Å². The Balaban J connectivity index is 0. The second-order valence-corrected chi connectivity index (χ2v) is 3.82. The van der Waals surface area contributed by atoms with Crippen molar-refractivity contribution in [2.24, 2.45) is 11.5 Å². The van der Waals surface area contributed by atoms with Crippen molar-refractivity contribution in [3.8, 4) is 0 Å². The number of rotatable bonds is 7. The summed E-state index contributed by atoms with van der Waals surface area (Å²) < 4.78 is 0. The Morgan fingerprint density at radius 3 is 1.59 bits per heavy atom. The molecule has 2 unspecified atom stereocenters. The summed E-state index contributed by atoms with van der Waals surface area (Å²) in [6.45, 7) is 3.91. The van der Waals surface area contributed by atoms with Gasteiger partial charge in [-0.1, -0.05) is 33.1 Å². The van der Waals surface area contributed by atoms with Gasteiger partial charge in [0.2, 0.25) is 0 Å². The van der Waals surface area contributed by atoms with Gasteiger partial charge in [-0.3, -0.25) is 9.59 Å². The van der Waals surface area contributed by atoms with Crippen LogP contribution in [0.15, 0.2) is 0 Å². The Morgan fingerprint density at radius 2 is 1.35 bits per heavy atom. The average Bonchev–Trinajstić information content (AvgIpc) is 2.26. The lowest BCUT2D eigenvalue weighted by Gasteiger charge is -2.02. The predicted octanol–water partition coefficient (Wildman–Crippen LogP) is 0.787. The van der Waals surface area contributed by atoms with E-state index in [0.717, 1.165) is 19.3 Å². The van der Waals surface area contributed by atoms with Gasteiger partial charge in [0, 0.05) is 0 Å². The molecular formula is C11H24N2O4. The quantitative estimate of drug-likeness (QED) is 0.527. The van der Waals surface area contributed by atoms with Gasteiger partial charge in [-0.15, -0.1) is 0 Å². The fourth-order valence-electron chi connectivity index (χ4n) is 0.982. The summed E-state index contributed by atoms with van der Waals surface area (Å²) in [5.41, 5.74) is 10.3. The number of hydrogen-bond acceptors (Lipinski definition) is 4. The minimum Gasteiger partial charge on any atom is -0.480 e. The second-order valence-electron chi connectivity index (χ2n) is 3.82. The van der Waals surface area contributed by atoms with Crippen LogP contribution in [0.25, 0.3) is 0 Å². The molecule has 0 spiro atoms. The molecule has 6 nitrogen and oxygen atoms in total. The van der Waals surface area contributed by atoms with Crippen molar-refractivity contribution in [2.45, 2.75) is 58.0 Å². The van der Waals surface area contributed by atoms with Gasteiger partial charge in [-0.25, -0.2) is 0 Å². The summed E-state index contributed by atoms with van der Waals surface area (Å²) in [7, 11) is 0. The third-order valence-corrected chi connectivity index (χ3v) is 2.10. The van der Waals surface area contributed by atoms with Crippen LogP contribution in [0.2, 0.25) is 0 Å². The van der Waals surface area contributed by atoms with Gasteiger partial charge in [0.05, 0.1) is 0 Å². The fraction of sp³-hybridized carbons (Fsp3) is 0.818. The molecule has 0 heterocycles. The van der Waals surface area contributed by atoms with Crippen molar-refractivity contribution in [3.05, 3.63) is 0 Å². The first-order valence-electron chi connectivity index (χ1n) is 5.83. The normalized spacial score (nSPS) is 13.2. The lowest BCUT2D eigenvalue weighted by Crippen LogP contribution is -2.29. The van der Waals surface area contributed by atoms with Crippen LogP contribution < -0.4 is 11.5 Å². The Labute approximate surface area is 102 Å². The number of nitrogens with two attached hydrogens (primary N) is 2. The Kier molecular flexibility index (Phi) is 12.2. The zero-order valence-electron chi connectivity index (χ0n) is 10.6. The van der Waals surface area contributed by atoms with E-state index in [2.05, 4.69) is 0 Å². The van der Waals surface area contributed by atoms with Crippen LogP contribution in [0.5, 0.6) is 0 Å². The highest BCUT2D eigenvalue weighted by atomic mass is 16.4. The molecule has 0 amide bonds. The van der Waals surface area contributed by atoms with Gasteiger partial charge in [-0.2, -0.15) is 0 Å². The van der Waals surface area contributed by atoms with Gasteiger partial charge in [0.1, 0.15) is 12.1 Å². The Bertz CT molecular complexity index is 222. The predicted molar refractivity (Wildman–Crippen MR) is 65.7 cm³/mol. The van der Waals surface area contributed by atoms with Crippen molar-refractivity contribution in [1.29, 1.82) is 0 Å². The van der Waals surface area contributed by atoms with Gasteiger partial charge < -0.3 is 21.7 Å². The highest BCUT2D eigenvalue weighted by Crippen LogP contribution is 1.97. The zero-order valence-corrected chi connectivity index (χ0v) is 10.6. The van der Waals surface area contributed by atoms with Gasteiger partial charge >= 0.3 is 11.9 Å². The van der Waals surface area contributed by atoms with Crippen molar-refractivity contribution in [2.75, 3.05) is 0 Å². The average molecular weight is 248 g/mol. The minimum absolute atomic E-state index is 0.565. The number of hydrogen-bond donors (Lipinski definition) is 4. The molecule has 2 atom stereocenters. The number of carboxylic acids is 2. The standard InChI is InChI=1S/C6H13NO2.C5H11NO2/c1-2-3-4-5(7)6(8)9;1-2-3-4(6)5(7)8/h5H,2-4,7H2,1H3,(H,8,9);4H,2-3,6H2,1H3,(H,7,8). The Hall–Kier alpha value is -1.14. The van der Waals surface area contributed by atoms with Crippen molar-refractivity contribution in [1.82, 2.24) is 0 Å². The lowest BCUT2D eigenvalue weighted by atomic mass is 10.1. The molecule has 0 aliphatic rings. The molecule has 0 rings (SSSR count). The first kappa shape index (κ1) is 18.2. The van der Waals surface area contributed by atoms with E-state index in [4.69, 9.17) is 21.7 Å². The number of aliphatic carboxylic acids is 2. The zero-order chi connectivity index (χ0) is 13.8. The number of carboxylic acid groups (broad SMARTS) is 2. The molecule has 0 saturated heterocycles. The molecule has 0 aliphatic heterocycles. The van der Waals surface area contributed by atoms with Crippen molar-refractivity contribution >= 4 is 11.9 Å². The van der Waals surface area contributed by atoms with Gasteiger partial charge in [0.15, 0.2) is 0 Å². The molecule has 0 aromatic rings. The van der Waals surface area contributed by atoms with E-state index in [1.807, 2.05) is 13.8 Å². The lowest BCUT2D eigenvalue weighted by molar-refractivity contribution is -0.139. The third kappa shape index (κ3) is 12.8. The maximum Gasteiger partial charge on any atom is 0.320 e. The van der Waals surface area contributed by atoms with E-state index in [9.17, 15) is 9.59 Å². The molecule has 0 aromatic carbocycles. The molecule has 0 fully saturated rings. The molecule has 0 saturated carbocycles. The maximum atomic E-state index is 10.1. The molecule has 6 N–H and O–H groups in total. The largest absolute Gasteiger partial charge is 0.480 e. The summed E-state index contributed by atoms with van der Waals surface area (Å²) in [5.74, 6) is -1.81. The van der Waals surface area contributed by atoms with E-state index in [-0.39, 0.29) is 0 Å². The highest BCUT2D eigenvalue weighted by Gasteiger charge is 2.08. The topological polar surface area (TPSA) is 127 Å². The van der Waals surface area contributed by atoms with E-state index < -0.39 is 24.0 Å². The molecule has 0 aromatic heterocycles. The molecule has 0 aliphatic carbocycles. The third-order valence-electron chi connectivity index (χ3n) is 2.10. The number of carbonyl (C=O) groups is 2. The monoisotopic (exact) mass is 248 g/mol. The summed E-state index contributed by atoms with van der Waals surface area (Å²) in [4.78, 5) is 20.0. The van der Waals surface area contributed by atoms with E-state index >= 15 is 0 Å². The summed E-state index contributed by atoms with van der Waals surface area (Å²) in [5, 5.41) is 16.5. The van der Waals surface area contributed by atoms with Crippen LogP contribution in [0.4, 0.5) is 0 Å². The van der Waals surface area contributed by atoms with Crippen molar-refractivity contribution in [3.63, 3.8) is 0 Å². The van der Waals surface area contributed by atoms with Crippen LogP contribution in [-0.4, -0.2) is 34.2 Å². The van der Waals surface area contributed by atoms with Crippen LogP contribution in [-0.2, 0) is 9.59 Å². The van der Waals surface area contributed by atoms with Crippen LogP contribution in [0, 0.1) is 0 Å². The highest BCUT2D eigenvalue weighted by molar-refractivity contribution is 5.73. The SMILES string of the molecule is CCCC(N)C(=O)O.CCCCC(N)C(=O)O. The fourth-order valence-corrected chi connectivity index (χ4v) is 0.982. The van der Waals surface area contributed by atoms with Crippen LogP contribution >= 0.6 is 0 Å². The van der Waals surface area contributed by atoms with Gasteiger partial charge in [0.25, 0.3) is 0 Å². The number of unbranched alkanes of at least 4 members (excludes halogenated alkanes) is 1. The van der Waals surface area contributed by atoms with Crippen LogP contribution in [0.1, 0.15) is 46.0 Å². The molecule has 102 valence electrons. The van der Waals surface area contributed by atoms with E-state index in [1.54, 1.807) is 0 Å². The minimum atomic E-state index is -0.910. The first-order chi connectivity index (χ1) is 7.86. The molecule has 6 heteroatoms. The Morgan fingerprint density at radius 1 is 0.941 bits per heavy atom.